The van der Waals surface area contributed by atoms with Gasteiger partial charge in [0.15, 0.2) is 0 Å². The summed E-state index contributed by atoms with van der Waals surface area (Å²) in [6, 6.07) is 9.38. The topological polar surface area (TPSA) is 62.9 Å². The molecule has 4 atom stereocenters. The molecule has 0 radical (unpaired) electrons. The molecule has 1 aromatic carbocycles. The number of furan rings is 1. The molecule has 3 aliphatic rings. The van der Waals surface area contributed by atoms with E-state index in [2.05, 4.69) is 5.10 Å². The third-order valence-corrected chi connectivity index (χ3v) is 5.50. The van der Waals surface area contributed by atoms with E-state index in [0.717, 1.165) is 17.0 Å². The summed E-state index contributed by atoms with van der Waals surface area (Å²) in [5.41, 5.74) is 0.733. The van der Waals surface area contributed by atoms with Crippen molar-refractivity contribution in [2.75, 3.05) is 0 Å². The summed E-state index contributed by atoms with van der Waals surface area (Å²) in [5.74, 6) is 0.0134. The number of hydrazone groups is 1. The molecule has 2 bridgehead atoms. The number of halogens is 1. The van der Waals surface area contributed by atoms with Crippen LogP contribution in [0, 0.1) is 29.5 Å². The van der Waals surface area contributed by atoms with E-state index in [-0.39, 0.29) is 41.3 Å². The highest BCUT2D eigenvalue weighted by atomic mass is 19.1. The Balaban J connectivity index is 1.36. The first-order valence-electron chi connectivity index (χ1n) is 8.58. The largest absolute Gasteiger partial charge is 0.455 e. The minimum atomic E-state index is -0.317. The second-order valence-corrected chi connectivity index (χ2v) is 6.94. The zero-order valence-electron chi connectivity index (χ0n) is 13.7. The number of fused-ring (bicyclic) bond motifs is 5. The summed E-state index contributed by atoms with van der Waals surface area (Å²) in [6.07, 6.45) is 6.36. The lowest BCUT2D eigenvalue weighted by molar-refractivity contribution is -0.140. The fourth-order valence-electron chi connectivity index (χ4n) is 4.31. The molecule has 1 saturated carbocycles. The number of amides is 2. The van der Waals surface area contributed by atoms with Gasteiger partial charge in [-0.05, 0) is 54.7 Å². The Morgan fingerprint density at radius 3 is 2.31 bits per heavy atom. The first-order valence-corrected chi connectivity index (χ1v) is 8.58. The Labute approximate surface area is 148 Å². The fraction of sp³-hybridized carbons (Fsp3) is 0.250. The predicted molar refractivity (Wildman–Crippen MR) is 91.3 cm³/mol. The quantitative estimate of drug-likeness (QED) is 0.485. The number of benzene rings is 1. The second-order valence-electron chi connectivity index (χ2n) is 6.94. The van der Waals surface area contributed by atoms with Crippen LogP contribution in [0.5, 0.6) is 0 Å². The van der Waals surface area contributed by atoms with E-state index in [0.29, 0.717) is 11.5 Å². The van der Waals surface area contributed by atoms with Crippen molar-refractivity contribution < 1.29 is 18.4 Å². The van der Waals surface area contributed by atoms with Crippen LogP contribution in [0.1, 0.15) is 12.2 Å². The molecular formula is C20H15FN2O3. The summed E-state index contributed by atoms with van der Waals surface area (Å²) in [6.45, 7) is 0. The maximum Gasteiger partial charge on any atom is 0.254 e. The van der Waals surface area contributed by atoms with Crippen LogP contribution in [0.3, 0.4) is 0 Å². The van der Waals surface area contributed by atoms with Gasteiger partial charge in [-0.15, -0.1) is 0 Å². The molecule has 1 saturated heterocycles. The van der Waals surface area contributed by atoms with E-state index >= 15 is 0 Å². The highest BCUT2D eigenvalue weighted by Crippen LogP contribution is 2.52. The summed E-state index contributed by atoms with van der Waals surface area (Å²) >= 11 is 0. The number of carbonyl (C=O) groups excluding carboxylic acids is 2. The van der Waals surface area contributed by atoms with Crippen LogP contribution in [-0.2, 0) is 9.59 Å². The van der Waals surface area contributed by atoms with E-state index in [4.69, 9.17) is 4.42 Å². The van der Waals surface area contributed by atoms with E-state index in [1.165, 1.54) is 18.3 Å². The van der Waals surface area contributed by atoms with Crippen LogP contribution in [0.15, 0.2) is 58.1 Å². The molecule has 6 heteroatoms. The minimum absolute atomic E-state index is 0.162. The second kappa shape index (κ2) is 5.49. The van der Waals surface area contributed by atoms with Crippen molar-refractivity contribution in [3.8, 4) is 11.3 Å². The molecule has 2 amide bonds. The lowest BCUT2D eigenvalue weighted by Gasteiger charge is -2.13. The van der Waals surface area contributed by atoms with Crippen molar-refractivity contribution in [2.24, 2.45) is 28.8 Å². The molecule has 2 aliphatic carbocycles. The molecule has 4 unspecified atom stereocenters. The molecule has 2 aromatic rings. The Morgan fingerprint density at radius 2 is 1.65 bits per heavy atom. The highest BCUT2D eigenvalue weighted by molar-refractivity contribution is 6.06. The normalized spacial score (nSPS) is 29.3. The smallest absolute Gasteiger partial charge is 0.254 e. The third kappa shape index (κ3) is 2.18. The molecule has 0 N–H and O–H groups in total. The molecular weight excluding hydrogens is 335 g/mol. The number of hydrogen-bond donors (Lipinski definition) is 0. The van der Waals surface area contributed by atoms with Crippen molar-refractivity contribution in [1.29, 1.82) is 0 Å². The van der Waals surface area contributed by atoms with Gasteiger partial charge in [0.25, 0.3) is 11.8 Å². The number of imide groups is 1. The first-order chi connectivity index (χ1) is 12.6. The first kappa shape index (κ1) is 15.3. The number of nitrogens with zero attached hydrogens (tertiary/aromatic N) is 2. The van der Waals surface area contributed by atoms with Crippen LogP contribution in [0.2, 0.25) is 0 Å². The standard InChI is InChI=1S/C20H15FN2O3/c21-14-5-3-11(4-6-14)16-8-7-15(26-16)10-22-23-19(24)17-12-1-2-13(9-12)18(17)20(23)25/h1-8,10,12-13,17-18H,9H2. The van der Waals surface area contributed by atoms with Gasteiger partial charge in [-0.25, -0.2) is 4.39 Å². The van der Waals surface area contributed by atoms with Gasteiger partial charge in [0.1, 0.15) is 17.3 Å². The average molecular weight is 350 g/mol. The Kier molecular flexibility index (Phi) is 3.22. The van der Waals surface area contributed by atoms with Crippen molar-refractivity contribution in [3.05, 3.63) is 60.1 Å². The molecule has 26 heavy (non-hydrogen) atoms. The van der Waals surface area contributed by atoms with Crippen LogP contribution in [0.4, 0.5) is 4.39 Å². The monoisotopic (exact) mass is 350 g/mol. The number of allylic oxidation sites excluding steroid dienone is 2. The maximum absolute atomic E-state index is 13.0. The Morgan fingerprint density at radius 1 is 1.00 bits per heavy atom. The average Bonchev–Trinajstić information content (AvgIpc) is 3.40. The van der Waals surface area contributed by atoms with E-state index in [1.807, 2.05) is 12.2 Å². The van der Waals surface area contributed by atoms with Gasteiger partial charge in [-0.3, -0.25) is 9.59 Å². The van der Waals surface area contributed by atoms with Gasteiger partial charge in [-0.2, -0.15) is 10.1 Å². The van der Waals surface area contributed by atoms with Crippen molar-refractivity contribution >= 4 is 18.0 Å². The van der Waals surface area contributed by atoms with Crippen LogP contribution in [-0.4, -0.2) is 23.0 Å². The van der Waals surface area contributed by atoms with Gasteiger partial charge in [0, 0.05) is 5.56 Å². The van der Waals surface area contributed by atoms with E-state index in [9.17, 15) is 14.0 Å². The lowest BCUT2D eigenvalue weighted by Crippen LogP contribution is -2.28. The minimum Gasteiger partial charge on any atom is -0.455 e. The highest BCUT2D eigenvalue weighted by Gasteiger charge is 2.59. The third-order valence-electron chi connectivity index (χ3n) is 5.50. The van der Waals surface area contributed by atoms with Gasteiger partial charge in [0.2, 0.25) is 0 Å². The molecule has 5 nitrogen and oxygen atoms in total. The number of hydrogen-bond acceptors (Lipinski definition) is 4. The van der Waals surface area contributed by atoms with E-state index < -0.39 is 0 Å². The van der Waals surface area contributed by atoms with Gasteiger partial charge < -0.3 is 4.42 Å². The Hall–Kier alpha value is -3.02. The van der Waals surface area contributed by atoms with Crippen molar-refractivity contribution in [2.45, 2.75) is 6.42 Å². The van der Waals surface area contributed by atoms with Crippen molar-refractivity contribution in [3.63, 3.8) is 0 Å². The molecule has 5 rings (SSSR count). The SMILES string of the molecule is O=C1C2C3C=CC(C3)C2C(=O)N1N=Cc1ccc(-c2ccc(F)cc2)o1. The Bertz CT molecular complexity index is 930. The molecule has 1 aliphatic heterocycles. The number of carbonyl (C=O) groups is 2. The van der Waals surface area contributed by atoms with Crippen LogP contribution >= 0.6 is 0 Å². The van der Waals surface area contributed by atoms with Crippen LogP contribution < -0.4 is 0 Å². The molecule has 2 fully saturated rings. The molecule has 1 aromatic heterocycles. The molecule has 2 heterocycles. The van der Waals surface area contributed by atoms with Gasteiger partial charge in [0.05, 0.1) is 18.1 Å². The lowest BCUT2D eigenvalue weighted by atomic mass is 9.85. The summed E-state index contributed by atoms with van der Waals surface area (Å²) < 4.78 is 18.7. The van der Waals surface area contributed by atoms with Crippen molar-refractivity contribution in [1.82, 2.24) is 5.01 Å². The molecule has 0 spiro atoms. The van der Waals surface area contributed by atoms with Crippen LogP contribution in [0.25, 0.3) is 11.3 Å². The zero-order valence-corrected chi connectivity index (χ0v) is 13.7. The summed E-state index contributed by atoms with van der Waals surface area (Å²) in [4.78, 5) is 25.1. The van der Waals surface area contributed by atoms with Gasteiger partial charge >= 0.3 is 0 Å². The van der Waals surface area contributed by atoms with E-state index in [1.54, 1.807) is 24.3 Å². The zero-order chi connectivity index (χ0) is 17.8. The summed E-state index contributed by atoms with van der Waals surface area (Å²) in [5, 5.41) is 5.07. The molecule has 130 valence electrons. The maximum atomic E-state index is 13.0. The number of rotatable bonds is 3. The van der Waals surface area contributed by atoms with Gasteiger partial charge in [-0.1, -0.05) is 12.2 Å². The predicted octanol–water partition coefficient (Wildman–Crippen LogP) is 3.23. The summed E-state index contributed by atoms with van der Waals surface area (Å²) in [7, 11) is 0. The fourth-order valence-corrected chi connectivity index (χ4v) is 4.31.